The molecule has 2 aliphatic heterocycles. The first-order valence-electron chi connectivity index (χ1n) is 25.9. The molecule has 3 nitrogen and oxygen atoms in total. The summed E-state index contributed by atoms with van der Waals surface area (Å²) >= 11 is 0. The average molecular weight is 934 g/mol. The highest BCUT2D eigenvalue weighted by atomic mass is 15.2. The van der Waals surface area contributed by atoms with Gasteiger partial charge in [0.25, 0.3) is 6.71 Å². The molecule has 3 heterocycles. The van der Waals surface area contributed by atoms with Gasteiger partial charge in [-0.25, -0.2) is 0 Å². The Labute approximate surface area is 427 Å². The molecule has 0 fully saturated rings. The third-order valence-electron chi connectivity index (χ3n) is 15.5. The number of aryl methyl sites for hydroxylation is 2. The van der Waals surface area contributed by atoms with Gasteiger partial charge in [-0.1, -0.05) is 195 Å². The van der Waals surface area contributed by atoms with Crippen LogP contribution in [-0.2, 0) is 16.2 Å². The smallest absolute Gasteiger partial charge is 0.252 e. The second-order valence-electron chi connectivity index (χ2n) is 23.7. The SMILES string of the molecule is Cc1ccc(N2c3ccc(C(C)(C)C)cc3B3c4cc(C(C)(C)C)ccc4N(c4c(-c5ccccc5)cc(C)cc4-c4ccc(C(C)(C)C)cc4)c4cc(-n5c6ccccc6c6ccccc65)cc2c43)cc1. The Kier molecular flexibility index (Phi) is 10.4. The maximum atomic E-state index is 2.68. The molecule has 0 aliphatic carbocycles. The van der Waals surface area contributed by atoms with Crippen LogP contribution in [0, 0.1) is 13.8 Å². The van der Waals surface area contributed by atoms with Gasteiger partial charge in [0.05, 0.1) is 22.4 Å². The standard InChI is InChI=1S/C68H64BN3/c1-43-25-33-50(34-26-43)70-60-35-31-48(67(6,7)8)39-56(60)69-57-40-49(68(9,10)11)32-36-61(57)72(63-42-51(41-62(70)64(63)69)71-58-23-17-15-21-52(58)53-22-16-18-24-59(53)71)65-54(45-19-13-12-14-20-45)37-44(2)38-55(65)46-27-29-47(30-28-46)66(3,4)5/h12-42H,1-11H3. The Morgan fingerprint density at radius 1 is 0.361 bits per heavy atom. The largest absolute Gasteiger partial charge is 0.311 e. The zero-order valence-corrected chi connectivity index (χ0v) is 43.8. The van der Waals surface area contributed by atoms with Gasteiger partial charge in [0.2, 0.25) is 0 Å². The lowest BCUT2D eigenvalue weighted by atomic mass is 9.33. The molecule has 4 heteroatoms. The average Bonchev–Trinajstić information content (AvgIpc) is 3.70. The molecule has 0 N–H and O–H groups in total. The number of fused-ring (bicyclic) bond motifs is 7. The molecule has 2 aliphatic rings. The molecule has 12 rings (SSSR count). The fourth-order valence-electron chi connectivity index (χ4n) is 11.7. The number of rotatable bonds is 5. The van der Waals surface area contributed by atoms with Crippen LogP contribution in [0.5, 0.6) is 0 Å². The van der Waals surface area contributed by atoms with Crippen LogP contribution in [0.4, 0.5) is 34.1 Å². The van der Waals surface area contributed by atoms with E-state index in [-0.39, 0.29) is 23.0 Å². The number of hydrogen-bond acceptors (Lipinski definition) is 2. The molecule has 0 unspecified atom stereocenters. The van der Waals surface area contributed by atoms with E-state index in [0.29, 0.717) is 0 Å². The highest BCUT2D eigenvalue weighted by molar-refractivity contribution is 7.00. The van der Waals surface area contributed by atoms with Gasteiger partial charge in [0, 0.05) is 50.3 Å². The fourth-order valence-corrected chi connectivity index (χ4v) is 11.7. The van der Waals surface area contributed by atoms with Crippen molar-refractivity contribution in [1.82, 2.24) is 4.57 Å². The van der Waals surface area contributed by atoms with Crippen molar-refractivity contribution in [2.75, 3.05) is 9.80 Å². The summed E-state index contributed by atoms with van der Waals surface area (Å²) in [6, 6.07) is 72.1. The lowest BCUT2D eigenvalue weighted by Gasteiger charge is -2.46. The minimum absolute atomic E-state index is 0.0214. The van der Waals surface area contributed by atoms with E-state index in [1.165, 1.54) is 117 Å². The van der Waals surface area contributed by atoms with Crippen molar-refractivity contribution in [2.24, 2.45) is 0 Å². The van der Waals surface area contributed by atoms with E-state index >= 15 is 0 Å². The van der Waals surface area contributed by atoms with E-state index in [1.54, 1.807) is 0 Å². The minimum atomic E-state index is -0.0823. The third-order valence-corrected chi connectivity index (χ3v) is 15.5. The van der Waals surface area contributed by atoms with Crippen molar-refractivity contribution in [3.05, 3.63) is 216 Å². The minimum Gasteiger partial charge on any atom is -0.311 e. The zero-order valence-electron chi connectivity index (χ0n) is 43.8. The number of aromatic nitrogens is 1. The van der Waals surface area contributed by atoms with Gasteiger partial charge in [-0.2, -0.15) is 0 Å². The summed E-state index contributed by atoms with van der Waals surface area (Å²) in [5, 5.41) is 2.49. The summed E-state index contributed by atoms with van der Waals surface area (Å²) in [7, 11) is 0. The van der Waals surface area contributed by atoms with E-state index in [9.17, 15) is 0 Å². The number of hydrogen-bond donors (Lipinski definition) is 0. The second kappa shape index (κ2) is 16.5. The Bertz CT molecular complexity index is 3710. The number of para-hydroxylation sites is 2. The molecule has 354 valence electrons. The van der Waals surface area contributed by atoms with Crippen LogP contribution >= 0.6 is 0 Å². The fraction of sp³-hybridized carbons (Fsp3) is 0.206. The maximum Gasteiger partial charge on any atom is 0.252 e. The first kappa shape index (κ1) is 45.6. The van der Waals surface area contributed by atoms with Gasteiger partial charge in [-0.15, -0.1) is 0 Å². The van der Waals surface area contributed by atoms with E-state index in [1.807, 2.05) is 0 Å². The summed E-state index contributed by atoms with van der Waals surface area (Å²) in [5.74, 6) is 0. The molecule has 0 saturated carbocycles. The molecule has 0 atom stereocenters. The molecule has 10 aromatic rings. The molecular weight excluding hydrogens is 870 g/mol. The highest BCUT2D eigenvalue weighted by Gasteiger charge is 2.45. The lowest BCUT2D eigenvalue weighted by Crippen LogP contribution is -2.61. The molecule has 0 radical (unpaired) electrons. The molecule has 1 aromatic heterocycles. The molecule has 0 amide bonds. The Balaban J connectivity index is 1.28. The molecule has 0 bridgehead atoms. The quantitative estimate of drug-likeness (QED) is 0.159. The van der Waals surface area contributed by atoms with E-state index in [2.05, 4.69) is 279 Å². The van der Waals surface area contributed by atoms with Crippen LogP contribution in [-0.4, -0.2) is 11.3 Å². The summed E-state index contributed by atoms with van der Waals surface area (Å²) < 4.78 is 2.51. The summed E-state index contributed by atoms with van der Waals surface area (Å²) in [4.78, 5) is 5.25. The first-order chi connectivity index (χ1) is 34.4. The molecule has 0 saturated heterocycles. The lowest BCUT2D eigenvalue weighted by molar-refractivity contribution is 0.590. The van der Waals surface area contributed by atoms with Crippen LogP contribution in [0.1, 0.15) is 90.1 Å². The Morgan fingerprint density at radius 2 is 0.819 bits per heavy atom. The molecule has 72 heavy (non-hydrogen) atoms. The van der Waals surface area contributed by atoms with Crippen LogP contribution in [0.3, 0.4) is 0 Å². The molecule has 9 aromatic carbocycles. The number of benzene rings is 9. The van der Waals surface area contributed by atoms with Gasteiger partial charge < -0.3 is 14.4 Å². The zero-order chi connectivity index (χ0) is 50.0. The van der Waals surface area contributed by atoms with Crippen LogP contribution in [0.15, 0.2) is 188 Å². The van der Waals surface area contributed by atoms with Gasteiger partial charge in [0.1, 0.15) is 0 Å². The summed E-state index contributed by atoms with van der Waals surface area (Å²) in [5.41, 5.74) is 25.7. The van der Waals surface area contributed by atoms with Gasteiger partial charge >= 0.3 is 0 Å². The van der Waals surface area contributed by atoms with Crippen molar-refractivity contribution in [1.29, 1.82) is 0 Å². The monoisotopic (exact) mass is 934 g/mol. The molecule has 0 spiro atoms. The van der Waals surface area contributed by atoms with Crippen molar-refractivity contribution in [2.45, 2.75) is 92.4 Å². The third kappa shape index (κ3) is 7.40. The van der Waals surface area contributed by atoms with Gasteiger partial charge in [0.15, 0.2) is 0 Å². The van der Waals surface area contributed by atoms with Crippen molar-refractivity contribution in [3.8, 4) is 27.9 Å². The Morgan fingerprint density at radius 3 is 1.35 bits per heavy atom. The predicted octanol–water partition coefficient (Wildman–Crippen LogP) is 16.7. The van der Waals surface area contributed by atoms with Crippen molar-refractivity contribution < 1.29 is 0 Å². The van der Waals surface area contributed by atoms with Gasteiger partial charge in [-0.3, -0.25) is 0 Å². The number of anilines is 6. The van der Waals surface area contributed by atoms with Crippen LogP contribution in [0.2, 0.25) is 0 Å². The van der Waals surface area contributed by atoms with E-state index in [0.717, 1.165) is 11.4 Å². The van der Waals surface area contributed by atoms with E-state index in [4.69, 9.17) is 0 Å². The predicted molar refractivity (Wildman–Crippen MR) is 311 cm³/mol. The van der Waals surface area contributed by atoms with Crippen LogP contribution < -0.4 is 26.2 Å². The normalized spacial score (nSPS) is 13.4. The maximum absolute atomic E-state index is 2.68. The van der Waals surface area contributed by atoms with Crippen molar-refractivity contribution >= 4 is 79.0 Å². The second-order valence-corrected chi connectivity index (χ2v) is 23.7. The highest BCUT2D eigenvalue weighted by Crippen LogP contribution is 2.52. The van der Waals surface area contributed by atoms with Crippen molar-refractivity contribution in [3.63, 3.8) is 0 Å². The van der Waals surface area contributed by atoms with Crippen LogP contribution in [0.25, 0.3) is 49.7 Å². The first-order valence-corrected chi connectivity index (χ1v) is 25.9. The van der Waals surface area contributed by atoms with E-state index < -0.39 is 0 Å². The topological polar surface area (TPSA) is 11.4 Å². The summed E-state index contributed by atoms with van der Waals surface area (Å²) in [6.07, 6.45) is 0. The summed E-state index contributed by atoms with van der Waals surface area (Å²) in [6.45, 7) is 25.4. The number of nitrogens with zero attached hydrogens (tertiary/aromatic N) is 3. The van der Waals surface area contributed by atoms with Gasteiger partial charge in [-0.05, 0) is 141 Å². The molecular formula is C68H64BN3. The Hall–Kier alpha value is -7.56.